The molecule has 1 N–H and O–H groups in total. The van der Waals surface area contributed by atoms with Crippen LogP contribution >= 0.6 is 11.6 Å². The van der Waals surface area contributed by atoms with Gasteiger partial charge in [0.1, 0.15) is 12.3 Å². The number of nitrogens with one attached hydrogen (secondary N) is 1. The minimum Gasteiger partial charge on any atom is -0.497 e. The molecule has 0 atom stereocenters. The van der Waals surface area contributed by atoms with Crippen molar-refractivity contribution in [3.05, 3.63) is 83.4 Å². The highest BCUT2D eigenvalue weighted by molar-refractivity contribution is 7.92. The van der Waals surface area contributed by atoms with Crippen LogP contribution in [0.5, 0.6) is 5.75 Å². The molecule has 0 saturated heterocycles. The Morgan fingerprint density at radius 1 is 1.03 bits per heavy atom. The average Bonchev–Trinajstić information content (AvgIpc) is 2.77. The second-order valence-electron chi connectivity index (χ2n) is 7.46. The van der Waals surface area contributed by atoms with Gasteiger partial charge in [-0.3, -0.25) is 9.10 Å². The molecule has 3 aromatic rings. The molecule has 6 nitrogen and oxygen atoms in total. The Labute approximate surface area is 193 Å². The number of anilines is 2. The van der Waals surface area contributed by atoms with Crippen LogP contribution in [0.2, 0.25) is 5.02 Å². The van der Waals surface area contributed by atoms with E-state index in [-0.39, 0.29) is 10.8 Å². The second kappa shape index (κ2) is 10.1. The van der Waals surface area contributed by atoms with Gasteiger partial charge in [0, 0.05) is 10.7 Å². The zero-order valence-corrected chi connectivity index (χ0v) is 19.7. The van der Waals surface area contributed by atoms with Crippen LogP contribution in [0.15, 0.2) is 77.7 Å². The second-order valence-corrected chi connectivity index (χ2v) is 9.76. The van der Waals surface area contributed by atoms with Crippen molar-refractivity contribution in [3.63, 3.8) is 0 Å². The summed E-state index contributed by atoms with van der Waals surface area (Å²) in [4.78, 5) is 13.0. The first-order chi connectivity index (χ1) is 15.2. The monoisotopic (exact) mass is 472 g/mol. The van der Waals surface area contributed by atoms with E-state index in [1.165, 1.54) is 25.3 Å². The van der Waals surface area contributed by atoms with Crippen molar-refractivity contribution >= 4 is 38.9 Å². The molecule has 0 bridgehead atoms. The molecule has 0 fully saturated rings. The highest BCUT2D eigenvalue weighted by atomic mass is 35.5. The first-order valence-corrected chi connectivity index (χ1v) is 11.9. The summed E-state index contributed by atoms with van der Waals surface area (Å²) in [7, 11) is -2.55. The number of halogens is 1. The molecular weight excluding hydrogens is 448 g/mol. The Bertz CT molecular complexity index is 1190. The minimum absolute atomic E-state index is 0.0358. The average molecular weight is 473 g/mol. The Morgan fingerprint density at radius 2 is 1.72 bits per heavy atom. The van der Waals surface area contributed by atoms with Crippen molar-refractivity contribution in [1.29, 1.82) is 0 Å². The number of benzene rings is 3. The van der Waals surface area contributed by atoms with E-state index >= 15 is 0 Å². The van der Waals surface area contributed by atoms with E-state index in [2.05, 4.69) is 5.32 Å². The van der Waals surface area contributed by atoms with Crippen molar-refractivity contribution in [1.82, 2.24) is 0 Å². The summed E-state index contributed by atoms with van der Waals surface area (Å²) in [5.74, 6) is 0.259. The van der Waals surface area contributed by atoms with Gasteiger partial charge in [-0.1, -0.05) is 49.7 Å². The summed E-state index contributed by atoms with van der Waals surface area (Å²) in [6.07, 6.45) is 0. The van der Waals surface area contributed by atoms with Gasteiger partial charge in [0.2, 0.25) is 5.91 Å². The van der Waals surface area contributed by atoms with Crippen LogP contribution in [0, 0.1) is 0 Å². The van der Waals surface area contributed by atoms with Crippen LogP contribution in [-0.4, -0.2) is 28.0 Å². The summed E-state index contributed by atoms with van der Waals surface area (Å²) in [6.45, 7) is 3.63. The van der Waals surface area contributed by atoms with E-state index in [0.717, 1.165) is 9.87 Å². The van der Waals surface area contributed by atoms with Gasteiger partial charge in [-0.2, -0.15) is 0 Å². The third kappa shape index (κ3) is 5.41. The lowest BCUT2D eigenvalue weighted by Crippen LogP contribution is -2.38. The summed E-state index contributed by atoms with van der Waals surface area (Å²) in [5.41, 5.74) is 1.91. The molecule has 168 valence electrons. The van der Waals surface area contributed by atoms with Crippen LogP contribution < -0.4 is 14.4 Å². The van der Waals surface area contributed by atoms with E-state index in [1.54, 1.807) is 36.4 Å². The number of nitrogens with zero attached hydrogens (tertiary/aromatic N) is 1. The Balaban J connectivity index is 1.96. The van der Waals surface area contributed by atoms with Gasteiger partial charge in [0.15, 0.2) is 0 Å². The number of carbonyl (C=O) groups excluding carboxylic acids is 1. The number of rotatable bonds is 8. The van der Waals surface area contributed by atoms with Crippen LogP contribution in [0.3, 0.4) is 0 Å². The lowest BCUT2D eigenvalue weighted by molar-refractivity contribution is -0.114. The molecule has 0 unspecified atom stereocenters. The van der Waals surface area contributed by atoms with Crippen molar-refractivity contribution in [2.24, 2.45) is 0 Å². The van der Waals surface area contributed by atoms with Crippen LogP contribution in [0.4, 0.5) is 11.4 Å². The number of hydrogen-bond acceptors (Lipinski definition) is 4. The maximum absolute atomic E-state index is 13.5. The van der Waals surface area contributed by atoms with Gasteiger partial charge in [-0.25, -0.2) is 8.42 Å². The zero-order valence-electron chi connectivity index (χ0n) is 18.1. The highest BCUT2D eigenvalue weighted by Crippen LogP contribution is 2.28. The quantitative estimate of drug-likeness (QED) is 0.482. The van der Waals surface area contributed by atoms with Gasteiger partial charge in [0.25, 0.3) is 10.0 Å². The number of hydrogen-bond donors (Lipinski definition) is 1. The lowest BCUT2D eigenvalue weighted by Gasteiger charge is -2.25. The molecule has 3 rings (SSSR count). The molecule has 0 aromatic heterocycles. The van der Waals surface area contributed by atoms with E-state index in [1.807, 2.05) is 32.0 Å². The number of sulfonamides is 1. The molecule has 0 aliphatic carbocycles. The number of ether oxygens (including phenoxy) is 1. The third-order valence-electron chi connectivity index (χ3n) is 4.89. The van der Waals surface area contributed by atoms with E-state index in [0.29, 0.717) is 22.1 Å². The van der Waals surface area contributed by atoms with Crippen molar-refractivity contribution in [2.45, 2.75) is 24.7 Å². The maximum Gasteiger partial charge on any atom is 0.264 e. The van der Waals surface area contributed by atoms with E-state index < -0.39 is 22.5 Å². The normalized spacial score (nSPS) is 11.3. The van der Waals surface area contributed by atoms with Crippen LogP contribution in [-0.2, 0) is 14.8 Å². The third-order valence-corrected chi connectivity index (χ3v) is 6.91. The van der Waals surface area contributed by atoms with Gasteiger partial charge in [0.05, 0.1) is 17.7 Å². The van der Waals surface area contributed by atoms with E-state index in [9.17, 15) is 13.2 Å². The standard InChI is InChI=1S/C24H25ClN2O4S/c1-17(2)22-9-4-5-10-23(22)26-24(28)16-27(19-8-6-7-18(25)15-19)32(29,30)21-13-11-20(31-3)12-14-21/h4-15,17H,16H2,1-3H3,(H,26,28). The highest BCUT2D eigenvalue weighted by Gasteiger charge is 2.28. The summed E-state index contributed by atoms with van der Waals surface area (Å²) in [5, 5.41) is 3.21. The first kappa shape index (κ1) is 23.6. The maximum atomic E-state index is 13.5. The molecular formula is C24H25ClN2O4S. The molecule has 0 aliphatic heterocycles. The van der Waals surface area contributed by atoms with Crippen molar-refractivity contribution in [3.8, 4) is 5.75 Å². The lowest BCUT2D eigenvalue weighted by atomic mass is 10.0. The molecule has 0 radical (unpaired) electrons. The fourth-order valence-electron chi connectivity index (χ4n) is 3.26. The first-order valence-electron chi connectivity index (χ1n) is 10.0. The topological polar surface area (TPSA) is 75.7 Å². The molecule has 0 aliphatic rings. The van der Waals surface area contributed by atoms with Gasteiger partial charge >= 0.3 is 0 Å². The van der Waals surface area contributed by atoms with Crippen molar-refractivity contribution < 1.29 is 17.9 Å². The molecule has 8 heteroatoms. The number of carbonyl (C=O) groups is 1. The Hall–Kier alpha value is -3.03. The molecule has 0 heterocycles. The number of amides is 1. The van der Waals surface area contributed by atoms with Gasteiger partial charge in [-0.15, -0.1) is 0 Å². The van der Waals surface area contributed by atoms with Gasteiger partial charge in [-0.05, 0) is 60.0 Å². The molecule has 1 amide bonds. The predicted octanol–water partition coefficient (Wildman–Crippen LogP) is 5.31. The summed E-state index contributed by atoms with van der Waals surface area (Å²) < 4.78 is 33.1. The van der Waals surface area contributed by atoms with Crippen LogP contribution in [0.25, 0.3) is 0 Å². The smallest absolute Gasteiger partial charge is 0.264 e. The number of methoxy groups -OCH3 is 1. The largest absolute Gasteiger partial charge is 0.497 e. The predicted molar refractivity (Wildman–Crippen MR) is 128 cm³/mol. The summed E-state index contributed by atoms with van der Waals surface area (Å²) >= 11 is 6.11. The SMILES string of the molecule is COc1ccc(S(=O)(=O)N(CC(=O)Nc2ccccc2C(C)C)c2cccc(Cl)c2)cc1. The Morgan fingerprint density at radius 3 is 2.34 bits per heavy atom. The van der Waals surface area contributed by atoms with Crippen molar-refractivity contribution in [2.75, 3.05) is 23.3 Å². The molecule has 32 heavy (non-hydrogen) atoms. The molecule has 0 saturated carbocycles. The summed E-state index contributed by atoms with van der Waals surface area (Å²) in [6, 6.07) is 19.8. The van der Waals surface area contributed by atoms with E-state index in [4.69, 9.17) is 16.3 Å². The molecule has 0 spiro atoms. The fraction of sp³-hybridized carbons (Fsp3) is 0.208. The zero-order chi connectivity index (χ0) is 23.3. The Kier molecular flexibility index (Phi) is 7.43. The van der Waals surface area contributed by atoms with Crippen LogP contribution in [0.1, 0.15) is 25.3 Å². The number of para-hydroxylation sites is 1. The minimum atomic E-state index is -4.05. The van der Waals surface area contributed by atoms with Gasteiger partial charge < -0.3 is 10.1 Å². The fourth-order valence-corrected chi connectivity index (χ4v) is 4.85. The molecule has 3 aromatic carbocycles.